The van der Waals surface area contributed by atoms with E-state index in [1.165, 1.54) is 0 Å². The Kier molecular flexibility index (Phi) is 3.66. The Balaban J connectivity index is 2.35. The predicted octanol–water partition coefficient (Wildman–Crippen LogP) is 3.94. The molecule has 0 bridgehead atoms. The van der Waals surface area contributed by atoms with Gasteiger partial charge < -0.3 is 10.0 Å². The minimum absolute atomic E-state index is 0.305. The van der Waals surface area contributed by atoms with Crippen LogP contribution in [0.15, 0.2) is 54.6 Å². The largest absolute Gasteiger partial charge is 0.508 e. The van der Waals surface area contributed by atoms with Crippen LogP contribution in [0, 0.1) is 0 Å². The summed E-state index contributed by atoms with van der Waals surface area (Å²) in [6.07, 6.45) is 1.06. The summed E-state index contributed by atoms with van der Waals surface area (Å²) in [5, 5.41) is 9.55. The van der Waals surface area contributed by atoms with E-state index in [4.69, 9.17) is 0 Å². The molecule has 2 nitrogen and oxygen atoms in total. The molecule has 0 saturated heterocycles. The number of hydrogen-bond donors (Lipinski definition) is 1. The molecule has 2 aromatic rings. The first kappa shape index (κ1) is 11.5. The monoisotopic (exact) mass is 227 g/mol. The maximum Gasteiger partial charge on any atom is 0.117 e. The number of para-hydroxylation sites is 1. The summed E-state index contributed by atoms with van der Waals surface area (Å²) in [6.45, 7) is 3.09. The van der Waals surface area contributed by atoms with E-state index in [1.54, 1.807) is 12.1 Å². The lowest BCUT2D eigenvalue weighted by Crippen LogP contribution is -2.17. The first-order valence-electron chi connectivity index (χ1n) is 5.93. The van der Waals surface area contributed by atoms with Gasteiger partial charge in [-0.2, -0.15) is 0 Å². The third-order valence-corrected chi connectivity index (χ3v) is 2.66. The SMILES string of the molecule is CCCN(c1ccccc1)c1cccc(O)c1. The van der Waals surface area contributed by atoms with Gasteiger partial charge in [-0.15, -0.1) is 0 Å². The molecule has 0 spiro atoms. The highest BCUT2D eigenvalue weighted by atomic mass is 16.3. The summed E-state index contributed by atoms with van der Waals surface area (Å²) in [4.78, 5) is 2.21. The molecule has 0 radical (unpaired) electrons. The Labute approximate surface area is 102 Å². The molecule has 0 aliphatic heterocycles. The molecule has 2 aromatic carbocycles. The number of aromatic hydroxyl groups is 1. The second-order valence-corrected chi connectivity index (χ2v) is 4.01. The molecule has 0 aliphatic carbocycles. The molecule has 2 rings (SSSR count). The van der Waals surface area contributed by atoms with Crippen LogP contribution < -0.4 is 4.90 Å². The van der Waals surface area contributed by atoms with Crippen molar-refractivity contribution in [1.82, 2.24) is 0 Å². The molecule has 1 N–H and O–H groups in total. The van der Waals surface area contributed by atoms with E-state index in [0.717, 1.165) is 24.3 Å². The van der Waals surface area contributed by atoms with Crippen LogP contribution in [0.4, 0.5) is 11.4 Å². The van der Waals surface area contributed by atoms with Crippen LogP contribution >= 0.6 is 0 Å². The number of hydrogen-bond acceptors (Lipinski definition) is 2. The summed E-state index contributed by atoms with van der Waals surface area (Å²) >= 11 is 0. The lowest BCUT2D eigenvalue weighted by molar-refractivity contribution is 0.475. The lowest BCUT2D eigenvalue weighted by atomic mass is 10.2. The zero-order chi connectivity index (χ0) is 12.1. The molecular formula is C15H17NO. The van der Waals surface area contributed by atoms with Gasteiger partial charge in [0.15, 0.2) is 0 Å². The molecule has 88 valence electrons. The van der Waals surface area contributed by atoms with E-state index in [9.17, 15) is 5.11 Å². The maximum atomic E-state index is 9.55. The Morgan fingerprint density at radius 1 is 0.941 bits per heavy atom. The zero-order valence-corrected chi connectivity index (χ0v) is 10.0. The van der Waals surface area contributed by atoms with Crippen molar-refractivity contribution < 1.29 is 5.11 Å². The van der Waals surface area contributed by atoms with Crippen molar-refractivity contribution in [3.8, 4) is 5.75 Å². The molecule has 0 heterocycles. The van der Waals surface area contributed by atoms with Crippen molar-refractivity contribution in [3.05, 3.63) is 54.6 Å². The zero-order valence-electron chi connectivity index (χ0n) is 10.0. The van der Waals surface area contributed by atoms with Crippen LogP contribution in [-0.4, -0.2) is 11.7 Å². The number of rotatable bonds is 4. The number of benzene rings is 2. The second-order valence-electron chi connectivity index (χ2n) is 4.01. The van der Waals surface area contributed by atoms with Gasteiger partial charge in [0.1, 0.15) is 5.75 Å². The fourth-order valence-corrected chi connectivity index (χ4v) is 1.90. The van der Waals surface area contributed by atoms with Crippen LogP contribution in [0.2, 0.25) is 0 Å². The van der Waals surface area contributed by atoms with Gasteiger partial charge in [-0.3, -0.25) is 0 Å². The van der Waals surface area contributed by atoms with Gasteiger partial charge in [-0.25, -0.2) is 0 Å². The van der Waals surface area contributed by atoms with Crippen LogP contribution in [0.25, 0.3) is 0 Å². The standard InChI is InChI=1S/C15H17NO/c1-2-11-16(13-7-4-3-5-8-13)14-9-6-10-15(17)12-14/h3-10,12,17H,2,11H2,1H3. The van der Waals surface area contributed by atoms with Gasteiger partial charge in [-0.1, -0.05) is 31.2 Å². The summed E-state index contributed by atoms with van der Waals surface area (Å²) in [7, 11) is 0. The summed E-state index contributed by atoms with van der Waals surface area (Å²) in [6, 6.07) is 17.6. The highest BCUT2D eigenvalue weighted by molar-refractivity contribution is 5.64. The maximum absolute atomic E-state index is 9.55. The van der Waals surface area contributed by atoms with Crippen LogP contribution in [0.3, 0.4) is 0 Å². The fourth-order valence-electron chi connectivity index (χ4n) is 1.90. The summed E-state index contributed by atoms with van der Waals surface area (Å²) in [5.74, 6) is 0.305. The molecule has 0 amide bonds. The van der Waals surface area contributed by atoms with Crippen molar-refractivity contribution >= 4 is 11.4 Å². The van der Waals surface area contributed by atoms with Gasteiger partial charge in [0, 0.05) is 24.0 Å². The third-order valence-electron chi connectivity index (χ3n) is 2.66. The molecular weight excluding hydrogens is 210 g/mol. The van der Waals surface area contributed by atoms with Crippen molar-refractivity contribution in [3.63, 3.8) is 0 Å². The minimum atomic E-state index is 0.305. The predicted molar refractivity (Wildman–Crippen MR) is 71.8 cm³/mol. The quantitative estimate of drug-likeness (QED) is 0.855. The second kappa shape index (κ2) is 5.39. The van der Waals surface area contributed by atoms with E-state index >= 15 is 0 Å². The molecule has 0 saturated carbocycles. The third kappa shape index (κ3) is 2.78. The van der Waals surface area contributed by atoms with Gasteiger partial charge >= 0.3 is 0 Å². The normalized spacial score (nSPS) is 10.2. The van der Waals surface area contributed by atoms with Gasteiger partial charge in [0.25, 0.3) is 0 Å². The van der Waals surface area contributed by atoms with Crippen molar-refractivity contribution in [2.75, 3.05) is 11.4 Å². The fraction of sp³-hybridized carbons (Fsp3) is 0.200. The van der Waals surface area contributed by atoms with Crippen LogP contribution in [0.5, 0.6) is 5.75 Å². The molecule has 0 aromatic heterocycles. The molecule has 0 aliphatic rings. The summed E-state index contributed by atoms with van der Waals surface area (Å²) in [5.41, 5.74) is 2.18. The van der Waals surface area contributed by atoms with E-state index < -0.39 is 0 Å². The number of phenols is 1. The Bertz CT molecular complexity index is 467. The van der Waals surface area contributed by atoms with E-state index in [0.29, 0.717) is 5.75 Å². The van der Waals surface area contributed by atoms with Crippen molar-refractivity contribution in [1.29, 1.82) is 0 Å². The molecule has 17 heavy (non-hydrogen) atoms. The first-order valence-corrected chi connectivity index (χ1v) is 5.93. The van der Waals surface area contributed by atoms with E-state index in [1.807, 2.05) is 30.3 Å². The molecule has 0 unspecified atom stereocenters. The van der Waals surface area contributed by atoms with E-state index in [2.05, 4.69) is 24.0 Å². The Hall–Kier alpha value is -1.96. The highest BCUT2D eigenvalue weighted by Crippen LogP contribution is 2.27. The molecule has 2 heteroatoms. The van der Waals surface area contributed by atoms with Crippen LogP contribution in [0.1, 0.15) is 13.3 Å². The Morgan fingerprint density at radius 2 is 1.65 bits per heavy atom. The van der Waals surface area contributed by atoms with Gasteiger partial charge in [0.2, 0.25) is 0 Å². The molecule has 0 fully saturated rings. The van der Waals surface area contributed by atoms with Gasteiger partial charge in [-0.05, 0) is 30.7 Å². The van der Waals surface area contributed by atoms with Crippen molar-refractivity contribution in [2.24, 2.45) is 0 Å². The lowest BCUT2D eigenvalue weighted by Gasteiger charge is -2.24. The minimum Gasteiger partial charge on any atom is -0.508 e. The average Bonchev–Trinajstić information content (AvgIpc) is 2.37. The summed E-state index contributed by atoms with van der Waals surface area (Å²) < 4.78 is 0. The number of anilines is 2. The first-order chi connectivity index (χ1) is 8.31. The number of phenolic OH excluding ortho intramolecular Hbond substituents is 1. The average molecular weight is 227 g/mol. The smallest absolute Gasteiger partial charge is 0.117 e. The molecule has 0 atom stereocenters. The number of nitrogens with zero attached hydrogens (tertiary/aromatic N) is 1. The van der Waals surface area contributed by atoms with Gasteiger partial charge in [0.05, 0.1) is 0 Å². The van der Waals surface area contributed by atoms with Crippen molar-refractivity contribution in [2.45, 2.75) is 13.3 Å². The Morgan fingerprint density at radius 3 is 2.29 bits per heavy atom. The highest BCUT2D eigenvalue weighted by Gasteiger charge is 2.07. The van der Waals surface area contributed by atoms with Crippen LogP contribution in [-0.2, 0) is 0 Å². The van der Waals surface area contributed by atoms with E-state index in [-0.39, 0.29) is 0 Å². The topological polar surface area (TPSA) is 23.5 Å².